The highest BCUT2D eigenvalue weighted by atomic mass is 79.9. The molecule has 154 valence electrons. The van der Waals surface area contributed by atoms with Gasteiger partial charge in [0.1, 0.15) is 11.3 Å². The molecule has 2 aromatic carbocycles. The number of hydrogen-bond acceptors (Lipinski definition) is 4. The van der Waals surface area contributed by atoms with Gasteiger partial charge in [0.05, 0.1) is 17.3 Å². The summed E-state index contributed by atoms with van der Waals surface area (Å²) in [7, 11) is 1.55. The molecule has 1 N–H and O–H groups in total. The first-order chi connectivity index (χ1) is 14.3. The number of ether oxygens (including phenoxy) is 1. The van der Waals surface area contributed by atoms with Crippen molar-refractivity contribution < 1.29 is 19.1 Å². The molecule has 0 radical (unpaired) electrons. The number of methoxy groups -OCH3 is 1. The van der Waals surface area contributed by atoms with Crippen LogP contribution < -0.4 is 15.0 Å². The molecule has 6 nitrogen and oxygen atoms in total. The van der Waals surface area contributed by atoms with Gasteiger partial charge in [-0.3, -0.25) is 14.9 Å². The number of carbonyl (C=O) groups is 3. The molecule has 0 bridgehead atoms. The number of allylic oxidation sites excluding steroid dienone is 1. The molecule has 3 rings (SSSR count). The summed E-state index contributed by atoms with van der Waals surface area (Å²) >= 11 is 9.58. The second-order valence-electron chi connectivity index (χ2n) is 6.58. The van der Waals surface area contributed by atoms with E-state index in [1.165, 1.54) is 12.1 Å². The lowest BCUT2D eigenvalue weighted by Crippen LogP contribution is -2.54. The molecule has 0 saturated carbocycles. The summed E-state index contributed by atoms with van der Waals surface area (Å²) in [5.74, 6) is -0.861. The van der Waals surface area contributed by atoms with Gasteiger partial charge in [0, 0.05) is 5.02 Å². The second kappa shape index (κ2) is 8.85. The summed E-state index contributed by atoms with van der Waals surface area (Å²) in [6.45, 7) is 5.54. The molecule has 0 atom stereocenters. The lowest BCUT2D eigenvalue weighted by molar-refractivity contribution is -0.122. The Bertz CT molecular complexity index is 1110. The molecule has 0 unspecified atom stereocenters. The summed E-state index contributed by atoms with van der Waals surface area (Å²) in [5.41, 5.74) is 2.32. The molecule has 2 aromatic rings. The zero-order valence-electron chi connectivity index (χ0n) is 16.3. The summed E-state index contributed by atoms with van der Waals surface area (Å²) in [6.07, 6.45) is 3.69. The molecule has 30 heavy (non-hydrogen) atoms. The zero-order chi connectivity index (χ0) is 22.0. The highest BCUT2D eigenvalue weighted by Gasteiger charge is 2.37. The first-order valence-electron chi connectivity index (χ1n) is 8.91. The molecular formula is C22H18BrClN2O4. The van der Waals surface area contributed by atoms with Crippen LogP contribution in [0.25, 0.3) is 6.08 Å². The van der Waals surface area contributed by atoms with Crippen molar-refractivity contribution in [3.63, 3.8) is 0 Å². The molecule has 1 aliphatic heterocycles. The van der Waals surface area contributed by atoms with Crippen LogP contribution in [0.15, 0.2) is 53.0 Å². The number of barbiturate groups is 1. The Labute approximate surface area is 187 Å². The Morgan fingerprint density at radius 3 is 2.60 bits per heavy atom. The van der Waals surface area contributed by atoms with Gasteiger partial charge in [-0.15, -0.1) is 6.58 Å². The summed E-state index contributed by atoms with van der Waals surface area (Å²) in [4.78, 5) is 38.7. The SMILES string of the molecule is C=CCc1cc(/C=C2/C(=O)NC(=O)N(c3ccc(C)c(Cl)c3)C2=O)cc(Br)c1OC. The van der Waals surface area contributed by atoms with Gasteiger partial charge in [-0.1, -0.05) is 23.7 Å². The summed E-state index contributed by atoms with van der Waals surface area (Å²) in [5, 5.41) is 2.61. The molecule has 8 heteroatoms. The minimum Gasteiger partial charge on any atom is -0.495 e. The van der Waals surface area contributed by atoms with Crippen molar-refractivity contribution in [3.05, 3.63) is 74.7 Å². The van der Waals surface area contributed by atoms with Gasteiger partial charge in [0.25, 0.3) is 11.8 Å². The first kappa shape index (κ1) is 21.8. The predicted molar refractivity (Wildman–Crippen MR) is 120 cm³/mol. The number of hydrogen-bond donors (Lipinski definition) is 1. The number of carbonyl (C=O) groups excluding carboxylic acids is 3. The van der Waals surface area contributed by atoms with Crippen molar-refractivity contribution in [2.24, 2.45) is 0 Å². The predicted octanol–water partition coefficient (Wildman–Crippen LogP) is 4.81. The van der Waals surface area contributed by atoms with E-state index in [2.05, 4.69) is 27.8 Å². The number of urea groups is 1. The Balaban J connectivity index is 2.06. The van der Waals surface area contributed by atoms with Gasteiger partial charge < -0.3 is 4.74 Å². The van der Waals surface area contributed by atoms with Crippen molar-refractivity contribution in [2.75, 3.05) is 12.0 Å². The molecule has 1 fully saturated rings. The highest BCUT2D eigenvalue weighted by molar-refractivity contribution is 9.10. The number of nitrogens with one attached hydrogen (secondary N) is 1. The van der Waals surface area contributed by atoms with E-state index >= 15 is 0 Å². The molecule has 0 aliphatic carbocycles. The van der Waals surface area contributed by atoms with E-state index in [-0.39, 0.29) is 11.3 Å². The van der Waals surface area contributed by atoms with Crippen LogP contribution in [0.4, 0.5) is 10.5 Å². The van der Waals surface area contributed by atoms with Gasteiger partial charge in [-0.25, -0.2) is 9.69 Å². The third-order valence-corrected chi connectivity index (χ3v) is 5.53. The van der Waals surface area contributed by atoms with Gasteiger partial charge in [0.15, 0.2) is 0 Å². The van der Waals surface area contributed by atoms with Crippen molar-refractivity contribution in [1.29, 1.82) is 0 Å². The number of aryl methyl sites for hydroxylation is 1. The molecular weight excluding hydrogens is 472 g/mol. The van der Waals surface area contributed by atoms with E-state index in [4.69, 9.17) is 16.3 Å². The first-order valence-corrected chi connectivity index (χ1v) is 10.1. The van der Waals surface area contributed by atoms with Crippen LogP contribution >= 0.6 is 27.5 Å². The van der Waals surface area contributed by atoms with Crippen LogP contribution in [0.1, 0.15) is 16.7 Å². The lowest BCUT2D eigenvalue weighted by Gasteiger charge is -2.26. The normalized spacial score (nSPS) is 15.4. The van der Waals surface area contributed by atoms with Crippen LogP contribution in [0.2, 0.25) is 5.02 Å². The Kier molecular flexibility index (Phi) is 6.43. The quantitative estimate of drug-likeness (QED) is 0.371. The molecule has 1 saturated heterocycles. The van der Waals surface area contributed by atoms with E-state index in [9.17, 15) is 14.4 Å². The maximum atomic E-state index is 13.0. The van der Waals surface area contributed by atoms with Gasteiger partial charge in [-0.05, 0) is 76.3 Å². The highest BCUT2D eigenvalue weighted by Crippen LogP contribution is 2.33. The monoisotopic (exact) mass is 488 g/mol. The fourth-order valence-electron chi connectivity index (χ4n) is 3.07. The maximum absolute atomic E-state index is 13.0. The number of nitrogens with zero attached hydrogens (tertiary/aromatic N) is 1. The molecule has 0 spiro atoms. The zero-order valence-corrected chi connectivity index (χ0v) is 18.6. The number of benzene rings is 2. The van der Waals surface area contributed by atoms with Gasteiger partial charge in [0.2, 0.25) is 0 Å². The van der Waals surface area contributed by atoms with Crippen LogP contribution in [0.5, 0.6) is 5.75 Å². The number of halogens is 2. The molecule has 1 aliphatic rings. The van der Waals surface area contributed by atoms with E-state index in [0.29, 0.717) is 27.2 Å². The topological polar surface area (TPSA) is 75.7 Å². The van der Waals surface area contributed by atoms with Crippen molar-refractivity contribution in [2.45, 2.75) is 13.3 Å². The van der Waals surface area contributed by atoms with Crippen molar-refractivity contribution >= 4 is 57.1 Å². The second-order valence-corrected chi connectivity index (χ2v) is 7.84. The number of amides is 4. The fraction of sp³-hybridized carbons (Fsp3) is 0.136. The lowest BCUT2D eigenvalue weighted by atomic mass is 10.0. The Hall–Kier alpha value is -2.90. The molecule has 4 amide bonds. The largest absolute Gasteiger partial charge is 0.495 e. The van der Waals surface area contributed by atoms with Gasteiger partial charge >= 0.3 is 6.03 Å². The molecule has 1 heterocycles. The van der Waals surface area contributed by atoms with Gasteiger partial charge in [-0.2, -0.15) is 0 Å². The van der Waals surface area contributed by atoms with Crippen LogP contribution in [0, 0.1) is 6.92 Å². The third kappa shape index (κ3) is 4.17. The number of imide groups is 2. The Morgan fingerprint density at radius 2 is 1.97 bits per heavy atom. The average molecular weight is 490 g/mol. The van der Waals surface area contributed by atoms with Crippen molar-refractivity contribution in [3.8, 4) is 5.75 Å². The third-order valence-electron chi connectivity index (χ3n) is 4.54. The van der Waals surface area contributed by atoms with E-state index in [0.717, 1.165) is 16.0 Å². The Morgan fingerprint density at radius 1 is 1.23 bits per heavy atom. The van der Waals surface area contributed by atoms with Crippen LogP contribution in [-0.4, -0.2) is 25.0 Å². The minimum atomic E-state index is -0.828. The number of rotatable bonds is 5. The minimum absolute atomic E-state index is 0.173. The van der Waals surface area contributed by atoms with E-state index < -0.39 is 17.8 Å². The number of anilines is 1. The van der Waals surface area contributed by atoms with E-state index in [1.54, 1.807) is 44.4 Å². The van der Waals surface area contributed by atoms with Crippen LogP contribution in [-0.2, 0) is 16.0 Å². The van der Waals surface area contributed by atoms with Crippen LogP contribution in [0.3, 0.4) is 0 Å². The average Bonchev–Trinajstić information content (AvgIpc) is 2.68. The van der Waals surface area contributed by atoms with Crippen molar-refractivity contribution in [1.82, 2.24) is 5.32 Å². The fourth-order valence-corrected chi connectivity index (χ4v) is 3.93. The maximum Gasteiger partial charge on any atom is 0.335 e. The summed E-state index contributed by atoms with van der Waals surface area (Å²) in [6, 6.07) is 7.49. The van der Waals surface area contributed by atoms with E-state index in [1.807, 2.05) is 0 Å². The summed E-state index contributed by atoms with van der Waals surface area (Å²) < 4.78 is 6.06. The standard InChI is InChI=1S/C22H18BrClN2O4/c1-4-5-14-8-13(10-17(23)19(14)30-3)9-16-20(27)25-22(29)26(21(16)28)15-7-6-12(2)18(24)11-15/h4,6-11H,1,5H2,2-3H3,(H,25,27,29)/b16-9-. The molecule has 0 aromatic heterocycles. The smallest absolute Gasteiger partial charge is 0.335 e.